The highest BCUT2D eigenvalue weighted by Gasteiger charge is 2.14. The average molecular weight is 463 g/mol. The first kappa shape index (κ1) is 24.1. The summed E-state index contributed by atoms with van der Waals surface area (Å²) >= 11 is 0. The third-order valence-electron chi connectivity index (χ3n) is 4.73. The molecule has 34 heavy (non-hydrogen) atoms. The Morgan fingerprint density at radius 3 is 2.76 bits per heavy atom. The van der Waals surface area contributed by atoms with Crippen molar-refractivity contribution in [2.45, 2.75) is 13.5 Å². The second kappa shape index (κ2) is 10.8. The van der Waals surface area contributed by atoms with Gasteiger partial charge >= 0.3 is 0 Å². The molecule has 0 aliphatic carbocycles. The van der Waals surface area contributed by atoms with Crippen molar-refractivity contribution < 1.29 is 13.6 Å². The quantitative estimate of drug-likeness (QED) is 0.203. The number of halogens is 2. The Morgan fingerprint density at radius 2 is 2.06 bits per heavy atom. The first-order valence-corrected chi connectivity index (χ1v) is 10.1. The maximum Gasteiger partial charge on any atom is 0.252 e. The van der Waals surface area contributed by atoms with Gasteiger partial charge in [0.1, 0.15) is 23.3 Å². The van der Waals surface area contributed by atoms with Crippen molar-refractivity contribution in [1.82, 2.24) is 15.6 Å². The Bertz CT molecular complexity index is 1260. The molecule has 1 aromatic carbocycles. The number of allylic oxidation sites excluding steroid dienone is 2. The van der Waals surface area contributed by atoms with Crippen molar-refractivity contribution in [3.8, 4) is 0 Å². The van der Waals surface area contributed by atoms with Gasteiger partial charge in [0.2, 0.25) is 0 Å². The SMILES string of the molecule is Cc1cccc(N/C(=C\C(=N)NCc2cc(F)ccc2F)C2=C/C(=C(/C=N)C(N)=O)NC=C2)n1. The summed E-state index contributed by atoms with van der Waals surface area (Å²) in [5.74, 6) is -1.50. The predicted octanol–water partition coefficient (Wildman–Crippen LogP) is 3.16. The molecule has 0 unspecified atom stereocenters. The highest BCUT2D eigenvalue weighted by Crippen LogP contribution is 2.21. The number of benzene rings is 1. The number of aryl methyl sites for hydroxylation is 1. The van der Waals surface area contributed by atoms with Crippen LogP contribution in [0, 0.1) is 29.4 Å². The van der Waals surface area contributed by atoms with Crippen LogP contribution < -0.4 is 21.7 Å². The number of nitrogens with zero attached hydrogens (tertiary/aromatic N) is 1. The molecule has 1 aliphatic rings. The van der Waals surface area contributed by atoms with Crippen molar-refractivity contribution in [1.29, 1.82) is 10.8 Å². The van der Waals surface area contributed by atoms with Gasteiger partial charge in [-0.2, -0.15) is 0 Å². The fraction of sp³-hybridized carbons (Fsp3) is 0.0833. The topological polar surface area (TPSA) is 140 Å². The molecule has 10 heteroatoms. The summed E-state index contributed by atoms with van der Waals surface area (Å²) in [5, 5.41) is 24.5. The zero-order chi connectivity index (χ0) is 24.7. The van der Waals surface area contributed by atoms with Crippen LogP contribution in [0.5, 0.6) is 0 Å². The first-order valence-electron chi connectivity index (χ1n) is 10.1. The second-order valence-electron chi connectivity index (χ2n) is 7.26. The monoisotopic (exact) mass is 463 g/mol. The molecular weight excluding hydrogens is 440 g/mol. The molecule has 174 valence electrons. The summed E-state index contributed by atoms with van der Waals surface area (Å²) < 4.78 is 27.4. The summed E-state index contributed by atoms with van der Waals surface area (Å²) in [6.07, 6.45) is 7.16. The first-order chi connectivity index (χ1) is 16.3. The molecule has 2 heterocycles. The number of nitrogens with two attached hydrogens (primary N) is 1. The molecule has 1 aliphatic heterocycles. The fourth-order valence-corrected chi connectivity index (χ4v) is 3.08. The van der Waals surface area contributed by atoms with Gasteiger partial charge in [-0.1, -0.05) is 6.07 Å². The smallest absolute Gasteiger partial charge is 0.252 e. The zero-order valence-electron chi connectivity index (χ0n) is 18.2. The number of amidine groups is 1. The van der Waals surface area contributed by atoms with Crippen LogP contribution in [0.2, 0.25) is 0 Å². The number of hydrogen-bond acceptors (Lipinski definition) is 6. The van der Waals surface area contributed by atoms with Crippen LogP contribution in [0.25, 0.3) is 0 Å². The molecule has 2 aromatic rings. The minimum Gasteiger partial charge on any atom is -0.366 e. The van der Waals surface area contributed by atoms with E-state index in [1.165, 1.54) is 6.08 Å². The normalized spacial score (nSPS) is 14.6. The van der Waals surface area contributed by atoms with Gasteiger partial charge < -0.3 is 27.1 Å². The predicted molar refractivity (Wildman–Crippen MR) is 127 cm³/mol. The van der Waals surface area contributed by atoms with E-state index in [1.807, 2.05) is 19.1 Å². The van der Waals surface area contributed by atoms with E-state index in [4.69, 9.17) is 16.6 Å². The van der Waals surface area contributed by atoms with Gasteiger partial charge in [0.05, 0.1) is 17.0 Å². The maximum atomic E-state index is 13.9. The lowest BCUT2D eigenvalue weighted by atomic mass is 10.0. The van der Waals surface area contributed by atoms with Gasteiger partial charge in [-0.05, 0) is 49.4 Å². The van der Waals surface area contributed by atoms with Gasteiger partial charge in [-0.25, -0.2) is 13.8 Å². The van der Waals surface area contributed by atoms with E-state index in [9.17, 15) is 13.6 Å². The van der Waals surface area contributed by atoms with Gasteiger partial charge in [-0.3, -0.25) is 10.2 Å². The Kier molecular flexibility index (Phi) is 7.65. The van der Waals surface area contributed by atoms with Gasteiger partial charge in [-0.15, -0.1) is 0 Å². The van der Waals surface area contributed by atoms with Gasteiger partial charge in [0.15, 0.2) is 0 Å². The van der Waals surface area contributed by atoms with E-state index >= 15 is 0 Å². The summed E-state index contributed by atoms with van der Waals surface area (Å²) in [5.41, 5.74) is 7.48. The summed E-state index contributed by atoms with van der Waals surface area (Å²) in [4.78, 5) is 16.1. The minimum atomic E-state index is -0.770. The number of anilines is 1. The highest BCUT2D eigenvalue weighted by molar-refractivity contribution is 6.11. The number of pyridine rings is 1. The van der Waals surface area contributed by atoms with Gasteiger partial charge in [0.25, 0.3) is 5.91 Å². The molecule has 8 nitrogen and oxygen atoms in total. The van der Waals surface area contributed by atoms with E-state index in [1.54, 1.807) is 24.4 Å². The number of rotatable bonds is 8. The van der Waals surface area contributed by atoms with Crippen LogP contribution in [-0.2, 0) is 11.3 Å². The van der Waals surface area contributed by atoms with Crippen LogP contribution in [0.3, 0.4) is 0 Å². The van der Waals surface area contributed by atoms with Crippen molar-refractivity contribution in [2.24, 2.45) is 5.73 Å². The fourth-order valence-electron chi connectivity index (χ4n) is 3.08. The summed E-state index contributed by atoms with van der Waals surface area (Å²) in [7, 11) is 0. The van der Waals surface area contributed by atoms with E-state index in [0.29, 0.717) is 22.8 Å². The largest absolute Gasteiger partial charge is 0.366 e. The number of amides is 1. The summed E-state index contributed by atoms with van der Waals surface area (Å²) in [6.45, 7) is 1.73. The molecule has 0 spiro atoms. The lowest BCUT2D eigenvalue weighted by molar-refractivity contribution is -0.114. The molecule has 0 radical (unpaired) electrons. The molecule has 0 saturated carbocycles. The van der Waals surface area contributed by atoms with E-state index in [0.717, 1.165) is 30.1 Å². The highest BCUT2D eigenvalue weighted by atomic mass is 19.1. The Balaban J connectivity index is 1.93. The molecule has 0 saturated heterocycles. The average Bonchev–Trinajstić information content (AvgIpc) is 2.80. The van der Waals surface area contributed by atoms with Crippen LogP contribution in [0.1, 0.15) is 11.3 Å². The summed E-state index contributed by atoms with van der Waals surface area (Å²) in [6, 6.07) is 8.51. The third kappa shape index (κ3) is 6.22. The lowest BCUT2D eigenvalue weighted by Crippen LogP contribution is -2.23. The molecule has 1 amide bonds. The van der Waals surface area contributed by atoms with Crippen molar-refractivity contribution in [3.05, 3.63) is 106 Å². The van der Waals surface area contributed by atoms with Gasteiger partial charge in [0, 0.05) is 41.9 Å². The number of nitrogens with one attached hydrogen (secondary N) is 5. The molecule has 3 rings (SSSR count). The maximum absolute atomic E-state index is 13.9. The van der Waals surface area contributed by atoms with E-state index in [2.05, 4.69) is 20.9 Å². The molecule has 0 fully saturated rings. The van der Waals surface area contributed by atoms with Crippen LogP contribution in [-0.4, -0.2) is 22.9 Å². The second-order valence-corrected chi connectivity index (χ2v) is 7.26. The van der Waals surface area contributed by atoms with Crippen molar-refractivity contribution >= 4 is 23.8 Å². The standard InChI is InChI=1S/C24H23F2N7O/c1-14-3-2-4-23(32-14)33-20(15-7-8-30-21(10-15)18(12-27)24(29)34)11-22(28)31-13-16-9-17(25)5-6-19(16)26/h2-12,27,30H,13H2,1H3,(H2,28,31)(H2,29,34)(H,32,33)/b20-11-,21-18+,27-12?. The van der Waals surface area contributed by atoms with Crippen molar-refractivity contribution in [2.75, 3.05) is 5.32 Å². The lowest BCUT2D eigenvalue weighted by Gasteiger charge is -2.18. The number of carbonyl (C=O) groups excluding carboxylic acids is 1. The number of hydrogen-bond donors (Lipinski definition) is 6. The minimum absolute atomic E-state index is 0.0235. The molecule has 7 N–H and O–H groups in total. The molecule has 1 aromatic heterocycles. The van der Waals surface area contributed by atoms with Crippen molar-refractivity contribution in [3.63, 3.8) is 0 Å². The zero-order valence-corrected chi connectivity index (χ0v) is 18.2. The number of aromatic nitrogens is 1. The molecule has 0 atom stereocenters. The number of primary amides is 1. The number of dihydropyridines is 1. The van der Waals surface area contributed by atoms with Crippen LogP contribution >= 0.6 is 0 Å². The number of carbonyl (C=O) groups is 1. The Morgan fingerprint density at radius 1 is 1.26 bits per heavy atom. The van der Waals surface area contributed by atoms with E-state index in [-0.39, 0.29) is 23.5 Å². The van der Waals surface area contributed by atoms with Crippen LogP contribution in [0.4, 0.5) is 14.6 Å². The molecule has 0 bridgehead atoms. The van der Waals surface area contributed by atoms with E-state index < -0.39 is 17.5 Å². The Hall–Kier alpha value is -4.60. The van der Waals surface area contributed by atoms with Crippen LogP contribution in [0.15, 0.2) is 83.4 Å². The Labute approximate surface area is 195 Å². The molecular formula is C24H23F2N7O. The third-order valence-corrected chi connectivity index (χ3v) is 4.73.